The Hall–Kier alpha value is -1.71. The van der Waals surface area contributed by atoms with Crippen molar-refractivity contribution in [3.8, 4) is 0 Å². The molecule has 1 aromatic heterocycles. The fourth-order valence-electron chi connectivity index (χ4n) is 2.57. The number of nitrogens with zero attached hydrogens (tertiary/aromatic N) is 1. The second-order valence-corrected chi connectivity index (χ2v) is 4.94. The average Bonchev–Trinajstić information content (AvgIpc) is 2.48. The standard InChI is InChI=1S/C16H18N2O/c1-12(13-6-8-17-9-7-13)18-16-11-19-10-14-4-2-3-5-15(14)16/h2-9,12,16,18H,10-11H2,1H3. The van der Waals surface area contributed by atoms with Gasteiger partial charge in [0.1, 0.15) is 0 Å². The molecule has 2 aromatic rings. The van der Waals surface area contributed by atoms with Crippen LogP contribution in [0.2, 0.25) is 0 Å². The predicted octanol–water partition coefficient (Wildman–Crippen LogP) is 3.00. The molecule has 2 atom stereocenters. The van der Waals surface area contributed by atoms with Crippen molar-refractivity contribution in [2.75, 3.05) is 6.61 Å². The molecule has 2 unspecified atom stereocenters. The fourth-order valence-corrected chi connectivity index (χ4v) is 2.57. The predicted molar refractivity (Wildman–Crippen MR) is 74.6 cm³/mol. The summed E-state index contributed by atoms with van der Waals surface area (Å²) in [6.07, 6.45) is 3.66. The van der Waals surface area contributed by atoms with Gasteiger partial charge in [0.25, 0.3) is 0 Å². The molecule has 1 aromatic carbocycles. The lowest BCUT2D eigenvalue weighted by molar-refractivity contribution is 0.0791. The Morgan fingerprint density at radius 2 is 2.00 bits per heavy atom. The maximum absolute atomic E-state index is 5.67. The summed E-state index contributed by atoms with van der Waals surface area (Å²) in [7, 11) is 0. The van der Waals surface area contributed by atoms with Gasteiger partial charge in [-0.2, -0.15) is 0 Å². The molecule has 0 aliphatic carbocycles. The van der Waals surface area contributed by atoms with Crippen molar-refractivity contribution < 1.29 is 4.74 Å². The number of benzene rings is 1. The van der Waals surface area contributed by atoms with Crippen LogP contribution in [0.5, 0.6) is 0 Å². The van der Waals surface area contributed by atoms with E-state index in [1.165, 1.54) is 16.7 Å². The molecule has 2 heterocycles. The van der Waals surface area contributed by atoms with Crippen molar-refractivity contribution in [2.24, 2.45) is 0 Å². The van der Waals surface area contributed by atoms with Gasteiger partial charge in [-0.1, -0.05) is 24.3 Å². The molecule has 0 spiro atoms. The van der Waals surface area contributed by atoms with E-state index in [2.05, 4.69) is 41.5 Å². The molecular formula is C16H18N2O. The van der Waals surface area contributed by atoms with Crippen LogP contribution in [0.3, 0.4) is 0 Å². The zero-order chi connectivity index (χ0) is 13.1. The molecule has 0 fully saturated rings. The van der Waals surface area contributed by atoms with E-state index in [9.17, 15) is 0 Å². The van der Waals surface area contributed by atoms with E-state index in [1.54, 1.807) is 0 Å². The molecule has 0 radical (unpaired) electrons. The van der Waals surface area contributed by atoms with Crippen molar-refractivity contribution in [2.45, 2.75) is 25.6 Å². The third-order valence-corrected chi connectivity index (χ3v) is 3.63. The van der Waals surface area contributed by atoms with E-state index in [0.717, 1.165) is 13.2 Å². The molecule has 3 heteroatoms. The van der Waals surface area contributed by atoms with E-state index in [4.69, 9.17) is 4.74 Å². The number of hydrogen-bond donors (Lipinski definition) is 1. The van der Waals surface area contributed by atoms with Crippen LogP contribution < -0.4 is 5.32 Å². The Bertz CT molecular complexity index is 541. The first-order chi connectivity index (χ1) is 9.34. The Labute approximate surface area is 113 Å². The summed E-state index contributed by atoms with van der Waals surface area (Å²) >= 11 is 0. The Morgan fingerprint density at radius 1 is 1.21 bits per heavy atom. The van der Waals surface area contributed by atoms with E-state index in [-0.39, 0.29) is 12.1 Å². The molecule has 0 saturated heterocycles. The first kappa shape index (κ1) is 12.3. The minimum Gasteiger partial charge on any atom is -0.375 e. The minimum absolute atomic E-state index is 0.258. The van der Waals surface area contributed by atoms with E-state index in [1.807, 2.05) is 24.5 Å². The molecule has 3 rings (SSSR count). The zero-order valence-corrected chi connectivity index (χ0v) is 11.0. The SMILES string of the molecule is CC(NC1COCc2ccccc21)c1ccncc1. The highest BCUT2D eigenvalue weighted by atomic mass is 16.5. The third kappa shape index (κ3) is 2.67. The molecule has 0 saturated carbocycles. The molecule has 19 heavy (non-hydrogen) atoms. The molecule has 0 amide bonds. The Kier molecular flexibility index (Phi) is 3.58. The van der Waals surface area contributed by atoms with Gasteiger partial charge in [-0.05, 0) is 35.7 Å². The summed E-state index contributed by atoms with van der Waals surface area (Å²) < 4.78 is 5.67. The van der Waals surface area contributed by atoms with Gasteiger partial charge < -0.3 is 10.1 Å². The number of rotatable bonds is 3. The fraction of sp³-hybridized carbons (Fsp3) is 0.312. The first-order valence-electron chi connectivity index (χ1n) is 6.66. The highest BCUT2D eigenvalue weighted by molar-refractivity contribution is 5.31. The van der Waals surface area contributed by atoms with Crippen LogP contribution in [-0.2, 0) is 11.3 Å². The summed E-state index contributed by atoms with van der Waals surface area (Å²) in [6.45, 7) is 3.62. The molecule has 1 aliphatic rings. The molecular weight excluding hydrogens is 236 g/mol. The average molecular weight is 254 g/mol. The van der Waals surface area contributed by atoms with Gasteiger partial charge in [0.2, 0.25) is 0 Å². The van der Waals surface area contributed by atoms with E-state index >= 15 is 0 Å². The van der Waals surface area contributed by atoms with Crippen molar-refractivity contribution in [1.29, 1.82) is 0 Å². The topological polar surface area (TPSA) is 34.1 Å². The van der Waals surface area contributed by atoms with Crippen molar-refractivity contribution in [3.05, 3.63) is 65.5 Å². The van der Waals surface area contributed by atoms with E-state index < -0.39 is 0 Å². The van der Waals surface area contributed by atoms with Crippen LogP contribution in [0.4, 0.5) is 0 Å². The van der Waals surface area contributed by atoms with Crippen LogP contribution in [-0.4, -0.2) is 11.6 Å². The molecule has 1 N–H and O–H groups in total. The normalized spacial score (nSPS) is 19.7. The van der Waals surface area contributed by atoms with Crippen LogP contribution in [0.1, 0.15) is 35.7 Å². The highest BCUT2D eigenvalue weighted by Gasteiger charge is 2.21. The van der Waals surface area contributed by atoms with Gasteiger partial charge in [-0.15, -0.1) is 0 Å². The number of pyridine rings is 1. The second kappa shape index (κ2) is 5.51. The summed E-state index contributed by atoms with van der Waals surface area (Å²) in [6, 6.07) is 13.1. The van der Waals surface area contributed by atoms with Crippen LogP contribution in [0.25, 0.3) is 0 Å². The quantitative estimate of drug-likeness (QED) is 0.914. The number of aromatic nitrogens is 1. The lowest BCUT2D eigenvalue weighted by atomic mass is 9.97. The lowest BCUT2D eigenvalue weighted by Gasteiger charge is -2.29. The Morgan fingerprint density at radius 3 is 2.84 bits per heavy atom. The molecule has 98 valence electrons. The Balaban J connectivity index is 1.78. The van der Waals surface area contributed by atoms with Crippen LogP contribution >= 0.6 is 0 Å². The van der Waals surface area contributed by atoms with Gasteiger partial charge in [0.15, 0.2) is 0 Å². The summed E-state index contributed by atoms with van der Waals surface area (Å²) in [4.78, 5) is 4.06. The van der Waals surface area contributed by atoms with Gasteiger partial charge in [0, 0.05) is 18.4 Å². The van der Waals surface area contributed by atoms with Gasteiger partial charge in [0.05, 0.1) is 19.3 Å². The lowest BCUT2D eigenvalue weighted by Crippen LogP contribution is -2.31. The smallest absolute Gasteiger partial charge is 0.0721 e. The molecule has 3 nitrogen and oxygen atoms in total. The van der Waals surface area contributed by atoms with Gasteiger partial charge in [-0.25, -0.2) is 0 Å². The van der Waals surface area contributed by atoms with E-state index in [0.29, 0.717) is 0 Å². The van der Waals surface area contributed by atoms with Crippen molar-refractivity contribution in [1.82, 2.24) is 10.3 Å². The summed E-state index contributed by atoms with van der Waals surface area (Å²) in [5, 5.41) is 3.64. The summed E-state index contributed by atoms with van der Waals surface area (Å²) in [5.41, 5.74) is 3.89. The number of hydrogen-bond acceptors (Lipinski definition) is 3. The first-order valence-corrected chi connectivity index (χ1v) is 6.66. The molecule has 0 bridgehead atoms. The number of ether oxygens (including phenoxy) is 1. The second-order valence-electron chi connectivity index (χ2n) is 4.94. The zero-order valence-electron chi connectivity index (χ0n) is 11.0. The van der Waals surface area contributed by atoms with Gasteiger partial charge >= 0.3 is 0 Å². The minimum atomic E-state index is 0.258. The highest BCUT2D eigenvalue weighted by Crippen LogP contribution is 2.26. The summed E-state index contributed by atoms with van der Waals surface area (Å²) in [5.74, 6) is 0. The van der Waals surface area contributed by atoms with Crippen molar-refractivity contribution in [3.63, 3.8) is 0 Å². The number of fused-ring (bicyclic) bond motifs is 1. The largest absolute Gasteiger partial charge is 0.375 e. The van der Waals surface area contributed by atoms with Crippen molar-refractivity contribution >= 4 is 0 Å². The molecule has 1 aliphatic heterocycles. The van der Waals surface area contributed by atoms with Crippen LogP contribution in [0, 0.1) is 0 Å². The van der Waals surface area contributed by atoms with Gasteiger partial charge in [-0.3, -0.25) is 4.98 Å². The monoisotopic (exact) mass is 254 g/mol. The maximum atomic E-state index is 5.67. The number of nitrogens with one attached hydrogen (secondary N) is 1. The third-order valence-electron chi connectivity index (χ3n) is 3.63. The maximum Gasteiger partial charge on any atom is 0.0721 e. The van der Waals surface area contributed by atoms with Crippen LogP contribution in [0.15, 0.2) is 48.8 Å².